The molecule has 0 saturated heterocycles. The maximum atomic E-state index is 12.6. The summed E-state index contributed by atoms with van der Waals surface area (Å²) >= 11 is 0. The van der Waals surface area contributed by atoms with Crippen molar-refractivity contribution >= 4 is 22.6 Å². The summed E-state index contributed by atoms with van der Waals surface area (Å²) in [7, 11) is 3.25. The predicted molar refractivity (Wildman–Crippen MR) is 131 cm³/mol. The molecule has 1 amide bonds. The van der Waals surface area contributed by atoms with E-state index in [0.717, 1.165) is 33.7 Å². The third kappa shape index (κ3) is 5.11. The van der Waals surface area contributed by atoms with E-state index in [9.17, 15) is 4.79 Å². The quantitative estimate of drug-likeness (QED) is 0.359. The zero-order valence-electron chi connectivity index (χ0n) is 19.8. The van der Waals surface area contributed by atoms with Gasteiger partial charge in [0.2, 0.25) is 5.91 Å². The molecule has 176 valence electrons. The summed E-state index contributed by atoms with van der Waals surface area (Å²) in [5.74, 6) is 3.26. The Morgan fingerprint density at radius 3 is 2.50 bits per heavy atom. The number of carbonyl (C=O) groups is 1. The summed E-state index contributed by atoms with van der Waals surface area (Å²) in [6.45, 7) is 4.33. The SMILES string of the molecule is COc1ccc(OCCCC(=O)Nc2cc(C)nn2-c2cc(C)c3cccc(OC)c3n2)cc1. The van der Waals surface area contributed by atoms with E-state index in [2.05, 4.69) is 10.4 Å². The lowest BCUT2D eigenvalue weighted by Gasteiger charge is -2.12. The Labute approximate surface area is 198 Å². The molecule has 0 fully saturated rings. The molecule has 0 unspecified atom stereocenters. The van der Waals surface area contributed by atoms with E-state index in [4.69, 9.17) is 19.2 Å². The Kier molecular flexibility index (Phi) is 6.96. The van der Waals surface area contributed by atoms with Gasteiger partial charge in [0.15, 0.2) is 5.82 Å². The molecule has 0 radical (unpaired) electrons. The van der Waals surface area contributed by atoms with Crippen molar-refractivity contribution in [2.24, 2.45) is 0 Å². The molecule has 8 nitrogen and oxygen atoms in total. The number of pyridine rings is 1. The van der Waals surface area contributed by atoms with E-state index >= 15 is 0 Å². The van der Waals surface area contributed by atoms with Gasteiger partial charge in [0.05, 0.1) is 26.5 Å². The van der Waals surface area contributed by atoms with Crippen LogP contribution in [0.1, 0.15) is 24.1 Å². The van der Waals surface area contributed by atoms with Gasteiger partial charge in [-0.3, -0.25) is 4.79 Å². The maximum absolute atomic E-state index is 12.6. The minimum absolute atomic E-state index is 0.116. The molecule has 0 saturated carbocycles. The lowest BCUT2D eigenvalue weighted by Crippen LogP contribution is -2.16. The molecule has 2 aromatic heterocycles. The van der Waals surface area contributed by atoms with E-state index in [1.54, 1.807) is 18.9 Å². The fourth-order valence-corrected chi connectivity index (χ4v) is 3.71. The average Bonchev–Trinajstić information content (AvgIpc) is 3.21. The van der Waals surface area contributed by atoms with Crippen molar-refractivity contribution in [1.29, 1.82) is 0 Å². The number of methoxy groups -OCH3 is 2. The zero-order chi connectivity index (χ0) is 24.1. The number of amides is 1. The van der Waals surface area contributed by atoms with E-state index in [-0.39, 0.29) is 5.91 Å². The van der Waals surface area contributed by atoms with Crippen LogP contribution in [0.15, 0.2) is 54.6 Å². The first-order valence-electron chi connectivity index (χ1n) is 11.1. The number of para-hydroxylation sites is 1. The van der Waals surface area contributed by atoms with Crippen LogP contribution in [0.4, 0.5) is 5.82 Å². The highest BCUT2D eigenvalue weighted by Gasteiger charge is 2.15. The van der Waals surface area contributed by atoms with E-state index in [1.165, 1.54) is 0 Å². The molecule has 0 aliphatic heterocycles. The number of rotatable bonds is 9. The highest BCUT2D eigenvalue weighted by molar-refractivity contribution is 5.91. The largest absolute Gasteiger partial charge is 0.497 e. The van der Waals surface area contributed by atoms with Crippen molar-refractivity contribution in [3.05, 3.63) is 65.9 Å². The van der Waals surface area contributed by atoms with Gasteiger partial charge in [-0.1, -0.05) is 12.1 Å². The van der Waals surface area contributed by atoms with Gasteiger partial charge in [0.1, 0.15) is 28.6 Å². The van der Waals surface area contributed by atoms with Crippen LogP contribution in [-0.2, 0) is 4.79 Å². The van der Waals surface area contributed by atoms with Gasteiger partial charge >= 0.3 is 0 Å². The molecule has 2 aromatic carbocycles. The number of carbonyl (C=O) groups excluding carboxylic acids is 1. The predicted octanol–water partition coefficient (Wildman–Crippen LogP) is 4.85. The number of benzene rings is 2. The topological polar surface area (TPSA) is 87.5 Å². The van der Waals surface area contributed by atoms with Gasteiger partial charge in [-0.2, -0.15) is 9.78 Å². The first-order valence-corrected chi connectivity index (χ1v) is 11.1. The Hall–Kier alpha value is -4.07. The van der Waals surface area contributed by atoms with Crippen LogP contribution >= 0.6 is 0 Å². The Morgan fingerprint density at radius 2 is 1.76 bits per heavy atom. The molecule has 4 rings (SSSR count). The van der Waals surface area contributed by atoms with Crippen LogP contribution in [0.5, 0.6) is 17.2 Å². The molecule has 0 bridgehead atoms. The fourth-order valence-electron chi connectivity index (χ4n) is 3.71. The summed E-state index contributed by atoms with van der Waals surface area (Å²) in [6, 6.07) is 17.0. The molecular weight excluding hydrogens is 432 g/mol. The number of nitrogens with zero attached hydrogens (tertiary/aromatic N) is 3. The summed E-state index contributed by atoms with van der Waals surface area (Å²) < 4.78 is 18.0. The van der Waals surface area contributed by atoms with Gasteiger partial charge < -0.3 is 19.5 Å². The number of ether oxygens (including phenoxy) is 3. The average molecular weight is 461 g/mol. The standard InChI is InChI=1S/C26H28N4O4/c1-17-15-23(28-26-21(17)7-5-8-22(26)33-4)30-24(16-18(2)29-30)27-25(31)9-6-14-34-20-12-10-19(32-3)11-13-20/h5,7-8,10-13,15-16H,6,9,14H2,1-4H3,(H,27,31). The molecule has 2 heterocycles. The highest BCUT2D eigenvalue weighted by Crippen LogP contribution is 2.28. The van der Waals surface area contributed by atoms with Crippen LogP contribution < -0.4 is 19.5 Å². The first kappa shape index (κ1) is 23.1. The summed E-state index contributed by atoms with van der Waals surface area (Å²) in [5.41, 5.74) is 2.57. The molecule has 4 aromatic rings. The Bertz CT molecular complexity index is 1300. The van der Waals surface area contributed by atoms with Crippen molar-refractivity contribution in [2.75, 3.05) is 26.1 Å². The van der Waals surface area contributed by atoms with Crippen molar-refractivity contribution in [3.63, 3.8) is 0 Å². The lowest BCUT2D eigenvalue weighted by molar-refractivity contribution is -0.116. The number of anilines is 1. The second-order valence-electron chi connectivity index (χ2n) is 7.91. The van der Waals surface area contributed by atoms with Gasteiger partial charge in [0, 0.05) is 17.9 Å². The molecule has 1 N–H and O–H groups in total. The number of aryl methyl sites for hydroxylation is 2. The number of nitrogens with one attached hydrogen (secondary N) is 1. The minimum Gasteiger partial charge on any atom is -0.497 e. The maximum Gasteiger partial charge on any atom is 0.225 e. The molecular formula is C26H28N4O4. The van der Waals surface area contributed by atoms with Gasteiger partial charge in [-0.15, -0.1) is 0 Å². The van der Waals surface area contributed by atoms with Crippen LogP contribution in [-0.4, -0.2) is 41.5 Å². The summed E-state index contributed by atoms with van der Waals surface area (Å²) in [4.78, 5) is 17.4. The second-order valence-corrected chi connectivity index (χ2v) is 7.91. The third-order valence-electron chi connectivity index (χ3n) is 5.41. The van der Waals surface area contributed by atoms with Crippen LogP contribution in [0.25, 0.3) is 16.7 Å². The van der Waals surface area contributed by atoms with E-state index in [1.807, 2.05) is 68.4 Å². The minimum atomic E-state index is -0.116. The molecule has 0 aliphatic rings. The summed E-state index contributed by atoms with van der Waals surface area (Å²) in [6.07, 6.45) is 0.897. The molecule has 34 heavy (non-hydrogen) atoms. The molecule has 0 aliphatic carbocycles. The van der Waals surface area contributed by atoms with Crippen molar-refractivity contribution < 1.29 is 19.0 Å². The number of hydrogen-bond donors (Lipinski definition) is 1. The summed E-state index contributed by atoms with van der Waals surface area (Å²) in [5, 5.41) is 8.52. The second kappa shape index (κ2) is 10.2. The van der Waals surface area contributed by atoms with Crippen LogP contribution in [0, 0.1) is 13.8 Å². The Morgan fingerprint density at radius 1 is 1.00 bits per heavy atom. The van der Waals surface area contributed by atoms with Gasteiger partial charge in [-0.25, -0.2) is 4.98 Å². The monoisotopic (exact) mass is 460 g/mol. The van der Waals surface area contributed by atoms with E-state index in [0.29, 0.717) is 36.8 Å². The molecule has 0 spiro atoms. The number of hydrogen-bond acceptors (Lipinski definition) is 6. The smallest absolute Gasteiger partial charge is 0.225 e. The number of fused-ring (bicyclic) bond motifs is 1. The highest BCUT2D eigenvalue weighted by atomic mass is 16.5. The fraction of sp³-hybridized carbons (Fsp3) is 0.269. The number of aromatic nitrogens is 3. The normalized spacial score (nSPS) is 10.8. The van der Waals surface area contributed by atoms with Crippen LogP contribution in [0.2, 0.25) is 0 Å². The van der Waals surface area contributed by atoms with Crippen molar-refractivity contribution in [3.8, 4) is 23.1 Å². The molecule has 8 heteroatoms. The lowest BCUT2D eigenvalue weighted by atomic mass is 10.1. The van der Waals surface area contributed by atoms with Gasteiger partial charge in [-0.05, 0) is 62.2 Å². The van der Waals surface area contributed by atoms with Crippen molar-refractivity contribution in [2.45, 2.75) is 26.7 Å². The van der Waals surface area contributed by atoms with E-state index < -0.39 is 0 Å². The first-order chi connectivity index (χ1) is 16.5. The Balaban J connectivity index is 1.43. The molecule has 0 atom stereocenters. The third-order valence-corrected chi connectivity index (χ3v) is 5.41. The van der Waals surface area contributed by atoms with Crippen LogP contribution in [0.3, 0.4) is 0 Å². The zero-order valence-corrected chi connectivity index (χ0v) is 19.8. The van der Waals surface area contributed by atoms with Crippen molar-refractivity contribution in [1.82, 2.24) is 14.8 Å². The van der Waals surface area contributed by atoms with Gasteiger partial charge in [0.25, 0.3) is 0 Å².